The van der Waals surface area contributed by atoms with Crippen LogP contribution in [-0.2, 0) is 12.8 Å². The van der Waals surface area contributed by atoms with E-state index in [9.17, 15) is 0 Å². The lowest BCUT2D eigenvalue weighted by Crippen LogP contribution is -2.43. The van der Waals surface area contributed by atoms with Crippen molar-refractivity contribution in [2.45, 2.75) is 76.2 Å². The van der Waals surface area contributed by atoms with Crippen molar-refractivity contribution in [3.8, 4) is 0 Å². The topological polar surface area (TPSA) is 28.4 Å². The number of hydrogen-bond donors (Lipinski definition) is 1. The Morgan fingerprint density at radius 1 is 0.964 bits per heavy atom. The third-order valence-corrected chi connectivity index (χ3v) is 6.96. The average Bonchev–Trinajstić information content (AvgIpc) is 3.20. The average molecular weight is 379 g/mol. The fraction of sp³-hybridized carbons (Fsp3) is 0.600. The molecule has 0 unspecified atom stereocenters. The monoisotopic (exact) mass is 378 g/mol. The van der Waals surface area contributed by atoms with Crippen molar-refractivity contribution in [2.75, 3.05) is 19.6 Å². The van der Waals surface area contributed by atoms with Crippen LogP contribution in [0, 0.1) is 0 Å². The van der Waals surface area contributed by atoms with E-state index in [2.05, 4.69) is 40.6 Å². The molecule has 4 aliphatic heterocycles. The predicted molar refractivity (Wildman–Crippen MR) is 114 cm³/mol. The van der Waals surface area contributed by atoms with Crippen LogP contribution in [0.5, 0.6) is 0 Å². The fourth-order valence-corrected chi connectivity index (χ4v) is 5.54. The van der Waals surface area contributed by atoms with Crippen molar-refractivity contribution < 1.29 is 4.42 Å². The summed E-state index contributed by atoms with van der Waals surface area (Å²) >= 11 is 0. The molecule has 0 saturated heterocycles. The molecule has 1 aromatic rings. The van der Waals surface area contributed by atoms with Gasteiger partial charge in [-0.15, -0.1) is 0 Å². The summed E-state index contributed by atoms with van der Waals surface area (Å²) in [5.74, 6) is 3.03. The summed E-state index contributed by atoms with van der Waals surface area (Å²) in [6, 6.07) is 2.76. The maximum absolute atomic E-state index is 6.34. The maximum Gasteiger partial charge on any atom is 0.112 e. The van der Waals surface area contributed by atoms with E-state index in [1.807, 2.05) is 0 Å². The van der Waals surface area contributed by atoms with E-state index in [-0.39, 0.29) is 0 Å². The van der Waals surface area contributed by atoms with Gasteiger partial charge in [0.05, 0.1) is 6.04 Å². The molecule has 0 aromatic carbocycles. The zero-order chi connectivity index (χ0) is 18.8. The van der Waals surface area contributed by atoms with E-state index in [4.69, 9.17) is 4.42 Å². The molecular weight excluding hydrogens is 344 g/mol. The molecule has 0 amide bonds. The number of nitrogens with one attached hydrogen (secondary N) is 1. The molecule has 0 fully saturated rings. The third kappa shape index (κ3) is 3.61. The highest BCUT2D eigenvalue weighted by atomic mass is 16.3. The summed E-state index contributed by atoms with van der Waals surface area (Å²) in [5.41, 5.74) is 4.71. The molecule has 0 spiro atoms. The lowest BCUT2D eigenvalue weighted by molar-refractivity contribution is 0.277. The molecule has 1 aromatic heterocycles. The van der Waals surface area contributed by atoms with Crippen LogP contribution in [0.25, 0.3) is 0 Å². The van der Waals surface area contributed by atoms with Crippen molar-refractivity contribution in [2.24, 2.45) is 0 Å². The van der Waals surface area contributed by atoms with E-state index >= 15 is 0 Å². The predicted octanol–water partition coefficient (Wildman–Crippen LogP) is 5.25. The summed E-state index contributed by atoms with van der Waals surface area (Å²) in [6.45, 7) is 3.51. The van der Waals surface area contributed by atoms with Gasteiger partial charge in [0.2, 0.25) is 0 Å². The van der Waals surface area contributed by atoms with Gasteiger partial charge in [0.15, 0.2) is 0 Å². The van der Waals surface area contributed by atoms with E-state index in [1.54, 1.807) is 11.3 Å². The van der Waals surface area contributed by atoms with Crippen LogP contribution in [-0.4, -0.2) is 30.6 Å². The first-order valence-electron chi connectivity index (χ1n) is 11.5. The minimum Gasteiger partial charge on any atom is -0.465 e. The summed E-state index contributed by atoms with van der Waals surface area (Å²) in [5, 5.41) is 3.86. The number of hydrogen-bond acceptors (Lipinski definition) is 3. The molecule has 3 heteroatoms. The van der Waals surface area contributed by atoms with Crippen molar-refractivity contribution in [3.63, 3.8) is 0 Å². The zero-order valence-corrected chi connectivity index (χ0v) is 17.1. The lowest BCUT2D eigenvalue weighted by atomic mass is 9.86. The molecule has 5 heterocycles. The van der Waals surface area contributed by atoms with Crippen LogP contribution in [0.3, 0.4) is 0 Å². The van der Waals surface area contributed by atoms with Crippen LogP contribution < -0.4 is 5.32 Å². The first kappa shape index (κ1) is 18.3. The molecular formula is C25H34N2O. The van der Waals surface area contributed by atoms with Gasteiger partial charge in [-0.25, -0.2) is 0 Å². The molecule has 2 atom stereocenters. The molecule has 5 aliphatic rings. The Balaban J connectivity index is 1.52. The highest BCUT2D eigenvalue weighted by molar-refractivity contribution is 5.47. The van der Waals surface area contributed by atoms with Gasteiger partial charge in [-0.1, -0.05) is 24.3 Å². The Hall–Kier alpha value is -1.74. The summed E-state index contributed by atoms with van der Waals surface area (Å²) in [7, 11) is 0. The fourth-order valence-electron chi connectivity index (χ4n) is 5.54. The molecule has 3 nitrogen and oxygen atoms in total. The van der Waals surface area contributed by atoms with Gasteiger partial charge in [0.25, 0.3) is 0 Å². The Morgan fingerprint density at radius 2 is 1.86 bits per heavy atom. The second-order valence-electron chi connectivity index (χ2n) is 8.87. The van der Waals surface area contributed by atoms with Gasteiger partial charge in [-0.05, 0) is 69.6 Å². The quantitative estimate of drug-likeness (QED) is 0.677. The van der Waals surface area contributed by atoms with E-state index < -0.39 is 0 Å². The van der Waals surface area contributed by atoms with Gasteiger partial charge in [-0.3, -0.25) is 0 Å². The molecule has 1 aliphatic carbocycles. The zero-order valence-electron chi connectivity index (χ0n) is 17.1. The number of aryl methyl sites for hydroxylation is 1. The smallest absolute Gasteiger partial charge is 0.112 e. The number of allylic oxidation sites excluding steroid dienone is 4. The number of nitrogens with zero attached hydrogens (tertiary/aromatic N) is 1. The molecule has 0 saturated carbocycles. The van der Waals surface area contributed by atoms with Crippen LogP contribution in [0.2, 0.25) is 0 Å². The van der Waals surface area contributed by atoms with Crippen molar-refractivity contribution in [1.82, 2.24) is 10.2 Å². The van der Waals surface area contributed by atoms with E-state index in [1.165, 1.54) is 75.1 Å². The maximum atomic E-state index is 6.34. The van der Waals surface area contributed by atoms with Crippen LogP contribution >= 0.6 is 0 Å². The normalized spacial score (nSPS) is 30.6. The molecule has 6 bridgehead atoms. The van der Waals surface area contributed by atoms with Gasteiger partial charge < -0.3 is 14.6 Å². The Kier molecular flexibility index (Phi) is 5.44. The van der Waals surface area contributed by atoms with Gasteiger partial charge in [0.1, 0.15) is 11.5 Å². The van der Waals surface area contributed by atoms with Crippen molar-refractivity contribution in [1.29, 1.82) is 0 Å². The molecule has 1 N–H and O–H groups in total. The highest BCUT2D eigenvalue weighted by Gasteiger charge is 2.39. The number of rotatable bonds is 1. The van der Waals surface area contributed by atoms with Crippen molar-refractivity contribution in [3.05, 3.63) is 58.7 Å². The summed E-state index contributed by atoms with van der Waals surface area (Å²) in [6.07, 6.45) is 21.6. The van der Waals surface area contributed by atoms with E-state index in [0.717, 1.165) is 25.8 Å². The second-order valence-corrected chi connectivity index (χ2v) is 8.87. The van der Waals surface area contributed by atoms with Gasteiger partial charge in [0, 0.05) is 43.1 Å². The van der Waals surface area contributed by atoms with E-state index in [0.29, 0.717) is 12.0 Å². The standard InChI is InChI=1S/C25H34N2O/c1-2-6-10-15-27-16-13-20-21-17-19(11-7-3-1)28-24(21)18-22(20)25(27)23-12-8-4-5-9-14-26-23/h1,3,8,12,17,20,23,26H,2,4-7,9-11,13-16,18H2/b3-1-,12-8-/t20-,23-/m0/s1. The SMILES string of the molecule is C1=C\[C@@H](C2=C3Cc4oc5cc4[C@@H]3CCN2CCCC/C=C\CC5)NCCCC/1. The molecule has 6 rings (SSSR count). The third-order valence-electron chi connectivity index (χ3n) is 6.96. The number of furan rings is 1. The highest BCUT2D eigenvalue weighted by Crippen LogP contribution is 2.47. The minimum absolute atomic E-state index is 0.372. The lowest BCUT2D eigenvalue weighted by Gasteiger charge is -2.39. The minimum atomic E-state index is 0.372. The van der Waals surface area contributed by atoms with Crippen LogP contribution in [0.4, 0.5) is 0 Å². The largest absolute Gasteiger partial charge is 0.465 e. The van der Waals surface area contributed by atoms with Crippen LogP contribution in [0.1, 0.15) is 74.4 Å². The van der Waals surface area contributed by atoms with Gasteiger partial charge >= 0.3 is 0 Å². The van der Waals surface area contributed by atoms with Crippen molar-refractivity contribution >= 4 is 0 Å². The second kappa shape index (κ2) is 8.32. The Bertz CT molecular complexity index is 784. The Labute approximate surface area is 169 Å². The van der Waals surface area contributed by atoms with Gasteiger partial charge in [-0.2, -0.15) is 0 Å². The summed E-state index contributed by atoms with van der Waals surface area (Å²) in [4.78, 5) is 2.71. The first-order valence-corrected chi connectivity index (χ1v) is 11.5. The number of fused-ring (bicyclic) bond motifs is 7. The first-order chi connectivity index (χ1) is 13.9. The molecule has 28 heavy (non-hydrogen) atoms. The summed E-state index contributed by atoms with van der Waals surface area (Å²) < 4.78 is 6.34. The molecule has 150 valence electrons. The Morgan fingerprint density at radius 3 is 2.86 bits per heavy atom. The van der Waals surface area contributed by atoms with Crippen LogP contribution in [0.15, 0.2) is 46.1 Å². The molecule has 0 radical (unpaired) electrons.